The van der Waals surface area contributed by atoms with Crippen molar-refractivity contribution in [2.24, 2.45) is 0 Å². The fourth-order valence-corrected chi connectivity index (χ4v) is 2.52. The van der Waals surface area contributed by atoms with Crippen LogP contribution in [0, 0.1) is 0 Å². The van der Waals surface area contributed by atoms with Crippen LogP contribution in [0.3, 0.4) is 0 Å². The highest BCUT2D eigenvalue weighted by atomic mass is 35.5. The van der Waals surface area contributed by atoms with Crippen LogP contribution in [0.25, 0.3) is 28.0 Å². The van der Waals surface area contributed by atoms with Gasteiger partial charge in [0, 0.05) is 11.8 Å². The molecule has 0 saturated heterocycles. The third kappa shape index (κ3) is 1.70. The maximum absolute atomic E-state index is 12.6. The van der Waals surface area contributed by atoms with Crippen molar-refractivity contribution in [1.29, 1.82) is 0 Å². The standard InChI is InChI=1S/C13H4ClF3N2O2/c14-8-3-6(13(15,16)17)4-18-11(8)19-10-7-1-5(7)2-9(10)21-12(19)20/h1-4H. The van der Waals surface area contributed by atoms with Crippen LogP contribution in [0.4, 0.5) is 13.2 Å². The summed E-state index contributed by atoms with van der Waals surface area (Å²) in [6, 6.07) is 4.24. The number of hydrogen-bond acceptors (Lipinski definition) is 3. The lowest BCUT2D eigenvalue weighted by Crippen LogP contribution is -2.15. The van der Waals surface area contributed by atoms with Crippen molar-refractivity contribution in [3.05, 3.63) is 45.5 Å². The van der Waals surface area contributed by atoms with Crippen LogP contribution < -0.4 is 5.76 Å². The SMILES string of the molecule is O=c1oc2cc3cc-3c2n1-c1ncc(C(F)(F)F)cc1Cl. The van der Waals surface area contributed by atoms with E-state index in [0.29, 0.717) is 17.3 Å². The zero-order valence-electron chi connectivity index (χ0n) is 10.0. The normalized spacial score (nSPS) is 13.0. The van der Waals surface area contributed by atoms with Gasteiger partial charge in [-0.1, -0.05) is 11.6 Å². The maximum atomic E-state index is 12.6. The molecule has 0 atom stereocenters. The van der Waals surface area contributed by atoms with Gasteiger partial charge in [-0.3, -0.25) is 0 Å². The zero-order chi connectivity index (χ0) is 14.9. The Morgan fingerprint density at radius 2 is 2.00 bits per heavy atom. The number of rotatable bonds is 1. The monoisotopic (exact) mass is 312 g/mol. The van der Waals surface area contributed by atoms with Gasteiger partial charge in [0.15, 0.2) is 11.4 Å². The van der Waals surface area contributed by atoms with Crippen molar-refractivity contribution < 1.29 is 17.6 Å². The Balaban J connectivity index is 1.96. The molecule has 2 aromatic heterocycles. The number of hydrogen-bond donors (Lipinski definition) is 0. The van der Waals surface area contributed by atoms with Gasteiger partial charge in [-0.25, -0.2) is 14.3 Å². The van der Waals surface area contributed by atoms with Crippen molar-refractivity contribution in [2.75, 3.05) is 0 Å². The highest BCUT2D eigenvalue weighted by Gasteiger charge is 2.33. The summed E-state index contributed by atoms with van der Waals surface area (Å²) in [5, 5.41) is -0.273. The molecule has 0 radical (unpaired) electrons. The molecule has 0 aliphatic heterocycles. The number of pyridine rings is 1. The molecule has 0 spiro atoms. The maximum Gasteiger partial charge on any atom is 0.425 e. The smallest absolute Gasteiger partial charge is 0.407 e. The number of halogens is 4. The van der Waals surface area contributed by atoms with E-state index in [1.165, 1.54) is 0 Å². The molecule has 0 amide bonds. The van der Waals surface area contributed by atoms with E-state index in [2.05, 4.69) is 4.98 Å². The molecule has 2 heterocycles. The second kappa shape index (κ2) is 3.67. The van der Waals surface area contributed by atoms with E-state index < -0.39 is 17.5 Å². The Labute approximate surface area is 119 Å². The minimum Gasteiger partial charge on any atom is -0.407 e. The van der Waals surface area contributed by atoms with E-state index in [-0.39, 0.29) is 10.8 Å². The van der Waals surface area contributed by atoms with Gasteiger partial charge in [0.1, 0.15) is 5.52 Å². The van der Waals surface area contributed by atoms with E-state index in [9.17, 15) is 18.0 Å². The second-order valence-corrected chi connectivity index (χ2v) is 5.01. The molecule has 0 unspecified atom stereocenters. The Bertz CT molecular complexity index is 972. The molecular weight excluding hydrogens is 309 g/mol. The molecule has 0 bridgehead atoms. The van der Waals surface area contributed by atoms with Gasteiger partial charge in [-0.15, -0.1) is 0 Å². The highest BCUT2D eigenvalue weighted by molar-refractivity contribution is 6.32. The van der Waals surface area contributed by atoms with Crippen LogP contribution in [-0.2, 0) is 6.18 Å². The molecule has 4 rings (SSSR count). The molecule has 4 nitrogen and oxygen atoms in total. The van der Waals surface area contributed by atoms with Crippen LogP contribution in [0.1, 0.15) is 5.56 Å². The Morgan fingerprint density at radius 3 is 2.67 bits per heavy atom. The molecule has 0 aromatic carbocycles. The lowest BCUT2D eigenvalue weighted by atomic mass is 10.2. The molecule has 0 fully saturated rings. The van der Waals surface area contributed by atoms with Gasteiger partial charge in [0.05, 0.1) is 10.6 Å². The molecule has 2 aliphatic carbocycles. The highest BCUT2D eigenvalue weighted by Crippen LogP contribution is 2.43. The molecule has 2 aromatic rings. The quantitative estimate of drug-likeness (QED) is 0.539. The summed E-state index contributed by atoms with van der Waals surface area (Å²) < 4.78 is 43.9. The van der Waals surface area contributed by atoms with Crippen molar-refractivity contribution in [1.82, 2.24) is 9.55 Å². The average molecular weight is 313 g/mol. The van der Waals surface area contributed by atoms with Gasteiger partial charge in [-0.05, 0) is 23.8 Å². The predicted molar refractivity (Wildman–Crippen MR) is 68.6 cm³/mol. The fourth-order valence-electron chi connectivity index (χ4n) is 2.27. The second-order valence-electron chi connectivity index (χ2n) is 4.60. The van der Waals surface area contributed by atoms with Crippen LogP contribution in [0.5, 0.6) is 0 Å². The molecular formula is C13H4ClF3N2O2. The van der Waals surface area contributed by atoms with Crippen LogP contribution >= 0.6 is 11.6 Å². The van der Waals surface area contributed by atoms with Crippen molar-refractivity contribution in [2.45, 2.75) is 6.18 Å². The summed E-state index contributed by atoms with van der Waals surface area (Å²) >= 11 is 5.86. The summed E-state index contributed by atoms with van der Waals surface area (Å²) in [6.07, 6.45) is -3.91. The Morgan fingerprint density at radius 1 is 1.24 bits per heavy atom. The number of aromatic nitrogens is 2. The van der Waals surface area contributed by atoms with Gasteiger partial charge in [-0.2, -0.15) is 13.2 Å². The van der Waals surface area contributed by atoms with Gasteiger partial charge < -0.3 is 4.42 Å². The first-order chi connectivity index (χ1) is 9.86. The minimum atomic E-state index is -4.55. The van der Waals surface area contributed by atoms with Crippen molar-refractivity contribution >= 4 is 22.7 Å². The first-order valence-electron chi connectivity index (χ1n) is 5.79. The Hall–Kier alpha value is -2.28. The molecule has 0 saturated carbocycles. The minimum absolute atomic E-state index is 0.0814. The number of oxazole rings is 1. The number of fused-ring (bicyclic) bond motifs is 3. The molecule has 2 aliphatic rings. The molecule has 8 heteroatoms. The van der Waals surface area contributed by atoms with E-state index in [4.69, 9.17) is 16.0 Å². The molecule has 21 heavy (non-hydrogen) atoms. The average Bonchev–Trinajstić information content (AvgIpc) is 2.94. The third-order valence-electron chi connectivity index (χ3n) is 3.27. The van der Waals surface area contributed by atoms with Crippen molar-refractivity contribution in [3.8, 4) is 16.9 Å². The van der Waals surface area contributed by atoms with Crippen LogP contribution in [0.2, 0.25) is 5.02 Å². The number of benzene rings is 1. The van der Waals surface area contributed by atoms with Gasteiger partial charge >= 0.3 is 11.9 Å². The summed E-state index contributed by atoms with van der Waals surface area (Å²) in [5.74, 6) is -0.820. The first-order valence-corrected chi connectivity index (χ1v) is 6.17. The lowest BCUT2D eigenvalue weighted by molar-refractivity contribution is -0.137. The molecule has 0 N–H and O–H groups in total. The van der Waals surface area contributed by atoms with E-state index >= 15 is 0 Å². The Kier molecular flexibility index (Phi) is 2.18. The fraction of sp³-hybridized carbons (Fsp3) is 0.0769. The van der Waals surface area contributed by atoms with Gasteiger partial charge in [0.25, 0.3) is 0 Å². The summed E-state index contributed by atoms with van der Waals surface area (Å²) in [6.45, 7) is 0. The largest absolute Gasteiger partial charge is 0.425 e. The van der Waals surface area contributed by atoms with Crippen LogP contribution in [0.15, 0.2) is 33.6 Å². The first kappa shape index (κ1) is 12.5. The van der Waals surface area contributed by atoms with Crippen LogP contribution in [-0.4, -0.2) is 9.55 Å². The zero-order valence-corrected chi connectivity index (χ0v) is 10.8. The number of nitrogens with zero attached hydrogens (tertiary/aromatic N) is 2. The third-order valence-corrected chi connectivity index (χ3v) is 3.55. The lowest BCUT2D eigenvalue weighted by Gasteiger charge is -2.09. The molecule has 106 valence electrons. The van der Waals surface area contributed by atoms with E-state index in [1.54, 1.807) is 6.07 Å². The van der Waals surface area contributed by atoms with Gasteiger partial charge in [0.2, 0.25) is 0 Å². The summed E-state index contributed by atoms with van der Waals surface area (Å²) in [4.78, 5) is 15.6. The summed E-state index contributed by atoms with van der Waals surface area (Å²) in [7, 11) is 0. The van der Waals surface area contributed by atoms with E-state index in [1.807, 2.05) is 6.07 Å². The van der Waals surface area contributed by atoms with Crippen molar-refractivity contribution in [3.63, 3.8) is 0 Å². The topological polar surface area (TPSA) is 48.0 Å². The number of alkyl halides is 3. The van der Waals surface area contributed by atoms with E-state index in [0.717, 1.165) is 21.8 Å². The predicted octanol–water partition coefficient (Wildman–Crippen LogP) is 3.63. The summed E-state index contributed by atoms with van der Waals surface area (Å²) in [5.41, 5.74) is 1.61.